The van der Waals surface area contributed by atoms with Gasteiger partial charge in [0.25, 0.3) is 0 Å². The number of rotatable bonds is 8. The van der Waals surface area contributed by atoms with Gasteiger partial charge in [-0.05, 0) is 24.7 Å². The van der Waals surface area contributed by atoms with Crippen molar-refractivity contribution in [2.75, 3.05) is 26.8 Å². The van der Waals surface area contributed by atoms with Crippen molar-refractivity contribution in [3.8, 4) is 0 Å². The van der Waals surface area contributed by atoms with Gasteiger partial charge in [0, 0.05) is 32.9 Å². The Hall–Kier alpha value is -0.870. The van der Waals surface area contributed by atoms with Gasteiger partial charge in [-0.1, -0.05) is 6.08 Å². The molecule has 0 atom stereocenters. The number of carboxylic acid groups (broad SMARTS) is 1. The first-order valence-corrected chi connectivity index (χ1v) is 5.28. The second-order valence-electron chi connectivity index (χ2n) is 4.11. The van der Waals surface area contributed by atoms with Crippen molar-refractivity contribution in [1.82, 2.24) is 5.32 Å². The molecule has 2 N–H and O–H groups in total. The molecule has 0 radical (unpaired) electrons. The molecule has 0 aromatic carbocycles. The van der Waals surface area contributed by atoms with Crippen molar-refractivity contribution in [1.29, 1.82) is 0 Å². The van der Waals surface area contributed by atoms with E-state index in [1.165, 1.54) is 18.9 Å². The molecular formula is C11H19NO3. The largest absolute Gasteiger partial charge is 0.478 e. The number of carbonyl (C=O) groups is 1. The first-order valence-electron chi connectivity index (χ1n) is 5.28. The van der Waals surface area contributed by atoms with Crippen LogP contribution in [-0.4, -0.2) is 37.9 Å². The molecule has 0 amide bonds. The van der Waals surface area contributed by atoms with E-state index in [2.05, 4.69) is 5.32 Å². The molecule has 4 nitrogen and oxygen atoms in total. The Morgan fingerprint density at radius 1 is 1.60 bits per heavy atom. The zero-order valence-corrected chi connectivity index (χ0v) is 9.16. The quantitative estimate of drug-likeness (QED) is 0.467. The molecule has 0 bridgehead atoms. The van der Waals surface area contributed by atoms with Crippen molar-refractivity contribution in [2.45, 2.75) is 19.3 Å². The van der Waals surface area contributed by atoms with Gasteiger partial charge in [-0.15, -0.1) is 0 Å². The van der Waals surface area contributed by atoms with Crippen LogP contribution >= 0.6 is 0 Å². The minimum Gasteiger partial charge on any atom is -0.478 e. The Kier molecular flexibility index (Phi) is 4.78. The van der Waals surface area contributed by atoms with E-state index >= 15 is 0 Å². The molecule has 15 heavy (non-hydrogen) atoms. The highest BCUT2D eigenvalue weighted by Crippen LogP contribution is 2.48. The van der Waals surface area contributed by atoms with E-state index in [4.69, 9.17) is 9.84 Å². The van der Waals surface area contributed by atoms with Crippen molar-refractivity contribution < 1.29 is 14.6 Å². The Morgan fingerprint density at radius 2 is 2.33 bits per heavy atom. The molecule has 86 valence electrons. The zero-order valence-electron chi connectivity index (χ0n) is 9.16. The van der Waals surface area contributed by atoms with E-state index in [9.17, 15) is 4.79 Å². The van der Waals surface area contributed by atoms with Crippen LogP contribution in [0.25, 0.3) is 0 Å². The van der Waals surface area contributed by atoms with Gasteiger partial charge in [0.1, 0.15) is 0 Å². The lowest BCUT2D eigenvalue weighted by molar-refractivity contribution is -0.131. The van der Waals surface area contributed by atoms with Gasteiger partial charge >= 0.3 is 5.97 Å². The summed E-state index contributed by atoms with van der Waals surface area (Å²) in [6.45, 7) is 2.40. The summed E-state index contributed by atoms with van der Waals surface area (Å²) in [4.78, 5) is 10.2. The minimum atomic E-state index is -0.891. The molecule has 0 saturated heterocycles. The van der Waals surface area contributed by atoms with Gasteiger partial charge in [0.2, 0.25) is 0 Å². The summed E-state index contributed by atoms with van der Waals surface area (Å²) in [5.41, 5.74) is 0.424. The smallest absolute Gasteiger partial charge is 0.328 e. The van der Waals surface area contributed by atoms with E-state index in [1.807, 2.05) is 0 Å². The topological polar surface area (TPSA) is 58.6 Å². The summed E-state index contributed by atoms with van der Waals surface area (Å²) < 4.78 is 5.06. The molecule has 1 aliphatic rings. The van der Waals surface area contributed by atoms with Crippen molar-refractivity contribution >= 4 is 5.97 Å². The van der Waals surface area contributed by atoms with Gasteiger partial charge in [-0.25, -0.2) is 4.79 Å². The van der Waals surface area contributed by atoms with Crippen LogP contribution in [0.2, 0.25) is 0 Å². The van der Waals surface area contributed by atoms with E-state index in [1.54, 1.807) is 13.2 Å². The summed E-state index contributed by atoms with van der Waals surface area (Å²) in [5.74, 6) is -0.891. The Labute approximate surface area is 90.3 Å². The summed E-state index contributed by atoms with van der Waals surface area (Å²) >= 11 is 0. The molecule has 0 unspecified atom stereocenters. The van der Waals surface area contributed by atoms with E-state index < -0.39 is 5.97 Å². The highest BCUT2D eigenvalue weighted by Gasteiger charge is 2.41. The number of ether oxygens (including phenoxy) is 1. The van der Waals surface area contributed by atoms with Crippen LogP contribution in [-0.2, 0) is 9.53 Å². The maximum atomic E-state index is 10.2. The lowest BCUT2D eigenvalue weighted by atomic mass is 10.0. The number of methoxy groups -OCH3 is 1. The van der Waals surface area contributed by atoms with Crippen LogP contribution in [0.4, 0.5) is 0 Å². The number of nitrogens with one attached hydrogen (secondary N) is 1. The number of aliphatic carboxylic acids is 1. The molecule has 0 aliphatic heterocycles. The average Bonchev–Trinajstić information content (AvgIpc) is 2.95. The standard InChI is InChI=1S/C11H19NO3/c1-15-8-6-11(4-5-11)9-12-7-2-3-10(13)14/h2-3,12H,4-9H2,1H3,(H,13,14)/b3-2+. The Balaban J connectivity index is 2.07. The Morgan fingerprint density at radius 3 is 2.87 bits per heavy atom. The SMILES string of the molecule is COCCC1(CNC/C=C/C(=O)O)CC1. The third-order valence-corrected chi connectivity index (χ3v) is 2.82. The molecule has 0 heterocycles. The highest BCUT2D eigenvalue weighted by molar-refractivity contribution is 5.79. The van der Waals surface area contributed by atoms with Crippen molar-refractivity contribution in [2.24, 2.45) is 5.41 Å². The molecular weight excluding hydrogens is 194 g/mol. The van der Waals surface area contributed by atoms with Gasteiger partial charge in [-0.2, -0.15) is 0 Å². The van der Waals surface area contributed by atoms with Gasteiger partial charge in [-0.3, -0.25) is 0 Å². The van der Waals surface area contributed by atoms with Gasteiger partial charge < -0.3 is 15.2 Å². The number of hydrogen-bond donors (Lipinski definition) is 2. The van der Waals surface area contributed by atoms with Gasteiger partial charge in [0.05, 0.1) is 0 Å². The van der Waals surface area contributed by atoms with Crippen molar-refractivity contribution in [3.63, 3.8) is 0 Å². The molecule has 0 spiro atoms. The third-order valence-electron chi connectivity index (χ3n) is 2.82. The van der Waals surface area contributed by atoms with E-state index in [0.717, 1.165) is 19.6 Å². The fraction of sp³-hybridized carbons (Fsp3) is 0.727. The van der Waals surface area contributed by atoms with Gasteiger partial charge in [0.15, 0.2) is 0 Å². The second-order valence-corrected chi connectivity index (χ2v) is 4.11. The predicted molar refractivity (Wildman–Crippen MR) is 57.8 cm³/mol. The average molecular weight is 213 g/mol. The number of carboxylic acids is 1. The molecule has 0 aromatic rings. The fourth-order valence-electron chi connectivity index (χ4n) is 1.59. The monoisotopic (exact) mass is 213 g/mol. The predicted octanol–water partition coefficient (Wildman–Crippen LogP) is 1.03. The minimum absolute atomic E-state index is 0.424. The van der Waals surface area contributed by atoms with Crippen LogP contribution in [0.15, 0.2) is 12.2 Å². The maximum absolute atomic E-state index is 10.2. The fourth-order valence-corrected chi connectivity index (χ4v) is 1.59. The van der Waals surface area contributed by atoms with Crippen LogP contribution in [0.3, 0.4) is 0 Å². The lowest BCUT2D eigenvalue weighted by Gasteiger charge is -2.14. The second kappa shape index (κ2) is 5.88. The Bertz CT molecular complexity index is 234. The summed E-state index contributed by atoms with van der Waals surface area (Å²) in [7, 11) is 1.72. The third kappa shape index (κ3) is 4.95. The van der Waals surface area contributed by atoms with E-state index in [-0.39, 0.29) is 0 Å². The highest BCUT2D eigenvalue weighted by atomic mass is 16.5. The van der Waals surface area contributed by atoms with E-state index in [0.29, 0.717) is 12.0 Å². The summed E-state index contributed by atoms with van der Waals surface area (Å²) in [5, 5.41) is 11.6. The van der Waals surface area contributed by atoms with Crippen LogP contribution in [0.1, 0.15) is 19.3 Å². The first kappa shape index (κ1) is 12.2. The zero-order chi connectivity index (χ0) is 11.1. The first-order chi connectivity index (χ1) is 7.18. The maximum Gasteiger partial charge on any atom is 0.328 e. The molecule has 0 aromatic heterocycles. The molecule has 1 rings (SSSR count). The molecule has 1 fully saturated rings. The van der Waals surface area contributed by atoms with Crippen LogP contribution in [0, 0.1) is 5.41 Å². The molecule has 4 heteroatoms. The van der Waals surface area contributed by atoms with Crippen LogP contribution in [0.5, 0.6) is 0 Å². The van der Waals surface area contributed by atoms with Crippen LogP contribution < -0.4 is 5.32 Å². The summed E-state index contributed by atoms with van der Waals surface area (Å²) in [6, 6.07) is 0. The normalized spacial score (nSPS) is 18.2. The lowest BCUT2D eigenvalue weighted by Crippen LogP contribution is -2.25. The molecule has 1 aliphatic carbocycles. The number of hydrogen-bond acceptors (Lipinski definition) is 3. The summed E-state index contributed by atoms with van der Waals surface area (Å²) in [6.07, 6.45) is 6.41. The molecule has 1 saturated carbocycles. The van der Waals surface area contributed by atoms with Crippen molar-refractivity contribution in [3.05, 3.63) is 12.2 Å².